The highest BCUT2D eigenvalue weighted by atomic mass is 19.1. The van der Waals surface area contributed by atoms with Gasteiger partial charge in [-0.3, -0.25) is 4.79 Å². The lowest BCUT2D eigenvalue weighted by Crippen LogP contribution is -2.29. The first-order valence-corrected chi connectivity index (χ1v) is 7.75. The summed E-state index contributed by atoms with van der Waals surface area (Å²) in [6.45, 7) is 3.66. The Balaban J connectivity index is 1.77. The number of amides is 1. The Hall–Kier alpha value is -2.34. The minimum Gasteiger partial charge on any atom is -0.319 e. The second-order valence-corrected chi connectivity index (χ2v) is 5.70. The first-order chi connectivity index (χ1) is 11.1. The number of piperidine rings is 1. The van der Waals surface area contributed by atoms with Gasteiger partial charge in [0.2, 0.25) is 0 Å². The van der Waals surface area contributed by atoms with Crippen molar-refractivity contribution in [3.63, 3.8) is 0 Å². The van der Waals surface area contributed by atoms with E-state index in [1.807, 2.05) is 0 Å². The number of para-hydroxylation sites is 1. The van der Waals surface area contributed by atoms with Crippen molar-refractivity contribution < 1.29 is 9.18 Å². The van der Waals surface area contributed by atoms with E-state index in [4.69, 9.17) is 0 Å². The van der Waals surface area contributed by atoms with Crippen molar-refractivity contribution in [2.75, 3.05) is 18.4 Å². The third-order valence-corrected chi connectivity index (χ3v) is 4.03. The first-order valence-electron chi connectivity index (χ1n) is 7.75. The van der Waals surface area contributed by atoms with Gasteiger partial charge in [-0.1, -0.05) is 12.1 Å². The second-order valence-electron chi connectivity index (χ2n) is 5.70. The summed E-state index contributed by atoms with van der Waals surface area (Å²) >= 11 is 0. The zero-order valence-electron chi connectivity index (χ0n) is 13.0. The summed E-state index contributed by atoms with van der Waals surface area (Å²) in [7, 11) is 0. The average Bonchev–Trinajstić information content (AvgIpc) is 2.57. The fourth-order valence-corrected chi connectivity index (χ4v) is 2.73. The molecule has 2 N–H and O–H groups in total. The minimum absolute atomic E-state index is 0.150. The molecule has 3 rings (SSSR count). The molecule has 2 heterocycles. The molecule has 2 aromatic rings. The number of aromatic nitrogens is 2. The maximum absolute atomic E-state index is 13.6. The standard InChI is InChI=1S/C17H19FN4O/c1-11-13(17(23)22-15-7-3-2-6-14(15)18)10-20-16(21-11)12-5-4-8-19-9-12/h2-3,6-7,10,12,19H,4-5,8-9H2,1H3,(H,22,23)/t12-/m1/s1. The summed E-state index contributed by atoms with van der Waals surface area (Å²) in [4.78, 5) is 21.1. The lowest BCUT2D eigenvalue weighted by atomic mass is 9.98. The number of nitrogens with one attached hydrogen (secondary N) is 2. The summed E-state index contributed by atoms with van der Waals surface area (Å²) < 4.78 is 13.6. The van der Waals surface area contributed by atoms with Crippen molar-refractivity contribution in [1.29, 1.82) is 0 Å². The molecule has 120 valence electrons. The van der Waals surface area contributed by atoms with Gasteiger partial charge in [-0.2, -0.15) is 0 Å². The molecule has 1 amide bonds. The molecule has 1 aliphatic heterocycles. The fraction of sp³-hybridized carbons (Fsp3) is 0.353. The number of anilines is 1. The van der Waals surface area contributed by atoms with Crippen LogP contribution >= 0.6 is 0 Å². The van der Waals surface area contributed by atoms with E-state index in [9.17, 15) is 9.18 Å². The summed E-state index contributed by atoms with van der Waals surface area (Å²) in [5.74, 6) is 0.175. The Labute approximate surface area is 134 Å². The Morgan fingerprint density at radius 2 is 2.22 bits per heavy atom. The number of hydrogen-bond donors (Lipinski definition) is 2. The van der Waals surface area contributed by atoms with Gasteiger partial charge in [0.1, 0.15) is 11.6 Å². The van der Waals surface area contributed by atoms with Gasteiger partial charge in [0.15, 0.2) is 0 Å². The molecule has 5 nitrogen and oxygen atoms in total. The van der Waals surface area contributed by atoms with Crippen LogP contribution in [-0.2, 0) is 0 Å². The Morgan fingerprint density at radius 3 is 2.91 bits per heavy atom. The SMILES string of the molecule is Cc1nc([C@@H]2CCCNC2)ncc1C(=O)Nc1ccccc1F. The number of benzene rings is 1. The van der Waals surface area contributed by atoms with Crippen LogP contribution in [0.3, 0.4) is 0 Å². The van der Waals surface area contributed by atoms with Crippen molar-refractivity contribution in [3.05, 3.63) is 53.4 Å². The second kappa shape index (κ2) is 6.83. The summed E-state index contributed by atoms with van der Waals surface area (Å²) in [6.07, 6.45) is 3.68. The van der Waals surface area contributed by atoms with Crippen LogP contribution in [-0.4, -0.2) is 29.0 Å². The Morgan fingerprint density at radius 1 is 1.39 bits per heavy atom. The predicted molar refractivity (Wildman–Crippen MR) is 86.0 cm³/mol. The molecule has 0 unspecified atom stereocenters. The zero-order chi connectivity index (χ0) is 16.2. The number of rotatable bonds is 3. The van der Waals surface area contributed by atoms with Crippen LogP contribution in [0.2, 0.25) is 0 Å². The summed E-state index contributed by atoms with van der Waals surface area (Å²) in [6, 6.07) is 6.07. The van der Waals surface area contributed by atoms with Crippen molar-refractivity contribution in [2.24, 2.45) is 0 Å². The topological polar surface area (TPSA) is 66.9 Å². The molecular formula is C17H19FN4O. The molecule has 23 heavy (non-hydrogen) atoms. The van der Waals surface area contributed by atoms with Crippen LogP contribution in [0.15, 0.2) is 30.5 Å². The lowest BCUT2D eigenvalue weighted by Gasteiger charge is -2.21. The normalized spacial score (nSPS) is 17.7. The van der Waals surface area contributed by atoms with Gasteiger partial charge in [0, 0.05) is 18.7 Å². The molecule has 1 fully saturated rings. The Bertz CT molecular complexity index is 713. The number of carbonyl (C=O) groups is 1. The van der Waals surface area contributed by atoms with Crippen molar-refractivity contribution in [2.45, 2.75) is 25.7 Å². The first kappa shape index (κ1) is 15.6. The van der Waals surface area contributed by atoms with Gasteiger partial charge < -0.3 is 10.6 Å². The van der Waals surface area contributed by atoms with E-state index in [1.54, 1.807) is 19.1 Å². The molecule has 0 spiro atoms. The Kier molecular flexibility index (Phi) is 4.62. The lowest BCUT2D eigenvalue weighted by molar-refractivity contribution is 0.102. The highest BCUT2D eigenvalue weighted by Gasteiger charge is 2.20. The van der Waals surface area contributed by atoms with E-state index in [2.05, 4.69) is 20.6 Å². The molecule has 0 aliphatic carbocycles. The monoisotopic (exact) mass is 314 g/mol. The van der Waals surface area contributed by atoms with E-state index >= 15 is 0 Å². The number of hydrogen-bond acceptors (Lipinski definition) is 4. The van der Waals surface area contributed by atoms with E-state index < -0.39 is 11.7 Å². The van der Waals surface area contributed by atoms with E-state index in [0.717, 1.165) is 31.8 Å². The maximum Gasteiger partial charge on any atom is 0.259 e. The molecule has 1 aromatic carbocycles. The number of nitrogens with zero attached hydrogens (tertiary/aromatic N) is 2. The van der Waals surface area contributed by atoms with E-state index in [1.165, 1.54) is 18.3 Å². The van der Waals surface area contributed by atoms with Gasteiger partial charge >= 0.3 is 0 Å². The molecule has 1 atom stereocenters. The highest BCUT2D eigenvalue weighted by Crippen LogP contribution is 2.21. The highest BCUT2D eigenvalue weighted by molar-refractivity contribution is 6.04. The van der Waals surface area contributed by atoms with Crippen LogP contribution in [0.4, 0.5) is 10.1 Å². The number of carbonyl (C=O) groups excluding carboxylic acids is 1. The summed E-state index contributed by atoms with van der Waals surface area (Å²) in [5, 5.41) is 5.89. The fourth-order valence-electron chi connectivity index (χ4n) is 2.73. The number of aryl methyl sites for hydroxylation is 1. The van der Waals surface area contributed by atoms with Crippen LogP contribution in [0.1, 0.15) is 40.6 Å². The van der Waals surface area contributed by atoms with Crippen LogP contribution in [0.5, 0.6) is 0 Å². The van der Waals surface area contributed by atoms with Crippen LogP contribution < -0.4 is 10.6 Å². The summed E-state index contributed by atoms with van der Waals surface area (Å²) in [5.41, 5.74) is 1.12. The quantitative estimate of drug-likeness (QED) is 0.914. The zero-order valence-corrected chi connectivity index (χ0v) is 13.0. The van der Waals surface area contributed by atoms with Crippen molar-refractivity contribution in [3.8, 4) is 0 Å². The van der Waals surface area contributed by atoms with E-state index in [0.29, 0.717) is 11.3 Å². The molecular weight excluding hydrogens is 295 g/mol. The molecule has 1 aromatic heterocycles. The molecule has 0 bridgehead atoms. The van der Waals surface area contributed by atoms with Gasteiger partial charge in [-0.25, -0.2) is 14.4 Å². The molecule has 0 saturated carbocycles. The molecule has 0 radical (unpaired) electrons. The largest absolute Gasteiger partial charge is 0.319 e. The van der Waals surface area contributed by atoms with Crippen LogP contribution in [0.25, 0.3) is 0 Å². The number of halogens is 1. The van der Waals surface area contributed by atoms with Crippen LogP contribution in [0, 0.1) is 12.7 Å². The maximum atomic E-state index is 13.6. The van der Waals surface area contributed by atoms with Gasteiger partial charge in [0.05, 0.1) is 16.9 Å². The van der Waals surface area contributed by atoms with Crippen molar-refractivity contribution >= 4 is 11.6 Å². The predicted octanol–water partition coefficient (Wildman–Crippen LogP) is 2.64. The third-order valence-electron chi connectivity index (χ3n) is 4.03. The smallest absolute Gasteiger partial charge is 0.259 e. The van der Waals surface area contributed by atoms with Crippen molar-refractivity contribution in [1.82, 2.24) is 15.3 Å². The van der Waals surface area contributed by atoms with Gasteiger partial charge in [0.25, 0.3) is 5.91 Å². The molecule has 1 aliphatic rings. The minimum atomic E-state index is -0.468. The molecule has 6 heteroatoms. The third kappa shape index (κ3) is 3.53. The average molecular weight is 314 g/mol. The van der Waals surface area contributed by atoms with Gasteiger partial charge in [-0.15, -0.1) is 0 Å². The molecule has 1 saturated heterocycles. The van der Waals surface area contributed by atoms with Gasteiger partial charge in [-0.05, 0) is 38.4 Å². The van der Waals surface area contributed by atoms with E-state index in [-0.39, 0.29) is 11.6 Å².